The van der Waals surface area contributed by atoms with Gasteiger partial charge < -0.3 is 0 Å². The highest BCUT2D eigenvalue weighted by Crippen LogP contribution is 2.22. The van der Waals surface area contributed by atoms with Crippen LogP contribution in [0.25, 0.3) is 0 Å². The summed E-state index contributed by atoms with van der Waals surface area (Å²) >= 11 is 0. The van der Waals surface area contributed by atoms with Gasteiger partial charge in [-0.2, -0.15) is 0 Å². The molecule has 0 N–H and O–H groups in total. The summed E-state index contributed by atoms with van der Waals surface area (Å²) in [6, 6.07) is 0. The quantitative estimate of drug-likeness (QED) is 0.318. The van der Waals surface area contributed by atoms with Crippen molar-refractivity contribution in [2.75, 3.05) is 0 Å². The lowest BCUT2D eigenvalue weighted by atomic mass is 9.91. The van der Waals surface area contributed by atoms with Crippen molar-refractivity contribution < 1.29 is 0 Å². The maximum absolute atomic E-state index is 2.55. The molecule has 0 heterocycles. The summed E-state index contributed by atoms with van der Waals surface area (Å²) in [7, 11) is 0. The Morgan fingerprint density at radius 2 is 1.71 bits per heavy atom. The topological polar surface area (TPSA) is 0 Å². The molecule has 0 heteroatoms. The Balaban J connectivity index is 1.78. The predicted molar refractivity (Wildman–Crippen MR) is 78.0 cm³/mol. The Labute approximate surface area is 109 Å². The molecule has 0 aromatic rings. The molecule has 1 unspecified atom stereocenters. The van der Waals surface area contributed by atoms with E-state index >= 15 is 0 Å². The number of rotatable bonds is 10. The van der Waals surface area contributed by atoms with Crippen molar-refractivity contribution >= 4 is 0 Å². The van der Waals surface area contributed by atoms with Crippen molar-refractivity contribution in [1.82, 2.24) is 0 Å². The van der Waals surface area contributed by atoms with Gasteiger partial charge in [0, 0.05) is 0 Å². The zero-order valence-electron chi connectivity index (χ0n) is 11.8. The first kappa shape index (κ1) is 14.8. The van der Waals surface area contributed by atoms with Crippen LogP contribution in [0.4, 0.5) is 0 Å². The van der Waals surface area contributed by atoms with Gasteiger partial charge >= 0.3 is 0 Å². The molecule has 0 aromatic heterocycles. The van der Waals surface area contributed by atoms with E-state index in [9.17, 15) is 0 Å². The molecule has 0 bridgehead atoms. The molecule has 0 fully saturated rings. The van der Waals surface area contributed by atoms with Crippen molar-refractivity contribution in [3.8, 4) is 0 Å². The highest BCUT2D eigenvalue weighted by atomic mass is 14.1. The molecular weight excluding hydrogens is 204 g/mol. The van der Waals surface area contributed by atoms with Gasteiger partial charge in [0.1, 0.15) is 0 Å². The number of allylic oxidation sites excluding steroid dienone is 2. The third kappa shape index (κ3) is 8.46. The number of hydrogen-bond acceptors (Lipinski definition) is 0. The molecule has 1 radical (unpaired) electrons. The maximum atomic E-state index is 2.55. The Hall–Kier alpha value is -0.260. The minimum absolute atomic E-state index is 0.799. The monoisotopic (exact) mass is 235 g/mol. The summed E-state index contributed by atoms with van der Waals surface area (Å²) in [6.07, 6.45) is 24.2. The Bertz CT molecular complexity index is 180. The second kappa shape index (κ2) is 10.9. The summed E-state index contributed by atoms with van der Waals surface area (Å²) in [5.74, 6) is 0.799. The molecule has 17 heavy (non-hydrogen) atoms. The van der Waals surface area contributed by atoms with E-state index < -0.39 is 0 Å². The summed E-state index contributed by atoms with van der Waals surface area (Å²) < 4.78 is 0. The molecule has 1 rings (SSSR count). The van der Waals surface area contributed by atoms with E-state index in [-0.39, 0.29) is 0 Å². The van der Waals surface area contributed by atoms with E-state index in [0.717, 1.165) is 5.92 Å². The minimum atomic E-state index is 0.799. The first-order valence-electron chi connectivity index (χ1n) is 7.93. The molecule has 1 atom stereocenters. The van der Waals surface area contributed by atoms with Gasteiger partial charge in [-0.15, -0.1) is 0 Å². The number of hydrogen-bond donors (Lipinski definition) is 0. The smallest absolute Gasteiger partial charge is 0.0202 e. The van der Waals surface area contributed by atoms with Crippen molar-refractivity contribution in [3.63, 3.8) is 0 Å². The average Bonchev–Trinajstić information content (AvgIpc) is 2.38. The molecule has 0 aliphatic heterocycles. The summed E-state index contributed by atoms with van der Waals surface area (Å²) in [6.45, 7) is 2.29. The van der Waals surface area contributed by atoms with Gasteiger partial charge in [-0.05, 0) is 38.0 Å². The van der Waals surface area contributed by atoms with Crippen molar-refractivity contribution in [3.05, 3.63) is 18.6 Å². The molecule has 0 saturated carbocycles. The van der Waals surface area contributed by atoms with Crippen LogP contribution in [0.1, 0.15) is 84.0 Å². The lowest BCUT2D eigenvalue weighted by Gasteiger charge is -2.15. The summed E-state index contributed by atoms with van der Waals surface area (Å²) in [5.41, 5.74) is 0. The zero-order valence-corrected chi connectivity index (χ0v) is 11.8. The fourth-order valence-corrected chi connectivity index (χ4v) is 2.65. The minimum Gasteiger partial charge on any atom is -0.0882 e. The second-order valence-electron chi connectivity index (χ2n) is 5.52. The van der Waals surface area contributed by atoms with Gasteiger partial charge in [-0.25, -0.2) is 0 Å². The van der Waals surface area contributed by atoms with E-state index in [1.54, 1.807) is 0 Å². The third-order valence-electron chi connectivity index (χ3n) is 3.82. The van der Waals surface area contributed by atoms with Crippen LogP contribution < -0.4 is 0 Å². The van der Waals surface area contributed by atoms with E-state index in [4.69, 9.17) is 0 Å². The van der Waals surface area contributed by atoms with Crippen LogP contribution in [0.5, 0.6) is 0 Å². The maximum Gasteiger partial charge on any atom is -0.0202 e. The summed E-state index contributed by atoms with van der Waals surface area (Å²) in [5, 5.41) is 0. The fraction of sp³-hybridized carbons (Fsp3) is 0.824. The molecule has 0 nitrogen and oxygen atoms in total. The standard InChI is InChI=1S/C17H31/c1-2-3-4-5-6-7-8-9-11-14-17-15-12-10-13-16-17/h12,14-15,17H,2-11,13,16H2,1H3. The van der Waals surface area contributed by atoms with Gasteiger partial charge in [0.2, 0.25) is 0 Å². The molecule has 1 aliphatic rings. The van der Waals surface area contributed by atoms with E-state index in [2.05, 4.69) is 25.5 Å². The van der Waals surface area contributed by atoms with Crippen molar-refractivity contribution in [2.45, 2.75) is 84.0 Å². The largest absolute Gasteiger partial charge is 0.0882 e. The SMILES string of the molecule is CCCCCCCCCC[CH]C1C=CCCC1. The lowest BCUT2D eigenvalue weighted by Crippen LogP contribution is -2.01. The predicted octanol–water partition coefficient (Wildman–Crippen LogP) is 6.08. The van der Waals surface area contributed by atoms with Gasteiger partial charge in [0.25, 0.3) is 0 Å². The van der Waals surface area contributed by atoms with Crippen LogP contribution in [0.2, 0.25) is 0 Å². The number of unbranched alkanes of at least 4 members (excludes halogenated alkanes) is 8. The lowest BCUT2D eigenvalue weighted by molar-refractivity contribution is 0.544. The van der Waals surface area contributed by atoms with Gasteiger partial charge in [-0.3, -0.25) is 0 Å². The second-order valence-corrected chi connectivity index (χ2v) is 5.52. The van der Waals surface area contributed by atoms with Gasteiger partial charge in [-0.1, -0.05) is 70.4 Å². The molecule has 0 spiro atoms. The Morgan fingerprint density at radius 3 is 2.35 bits per heavy atom. The highest BCUT2D eigenvalue weighted by Gasteiger charge is 2.07. The highest BCUT2D eigenvalue weighted by molar-refractivity contribution is 4.98. The molecule has 0 aromatic carbocycles. The van der Waals surface area contributed by atoms with Crippen LogP contribution in [-0.4, -0.2) is 0 Å². The Kier molecular flexibility index (Phi) is 9.46. The van der Waals surface area contributed by atoms with Gasteiger partial charge in [0.15, 0.2) is 0 Å². The van der Waals surface area contributed by atoms with E-state index in [1.165, 1.54) is 77.0 Å². The van der Waals surface area contributed by atoms with Crippen LogP contribution in [0.3, 0.4) is 0 Å². The normalized spacial score (nSPS) is 19.7. The van der Waals surface area contributed by atoms with Crippen LogP contribution in [-0.2, 0) is 0 Å². The van der Waals surface area contributed by atoms with Crippen molar-refractivity contribution in [1.29, 1.82) is 0 Å². The van der Waals surface area contributed by atoms with Gasteiger partial charge in [0.05, 0.1) is 0 Å². The molecule has 1 aliphatic carbocycles. The first-order valence-corrected chi connectivity index (χ1v) is 7.93. The molecule has 0 amide bonds. The molecule has 99 valence electrons. The average molecular weight is 235 g/mol. The van der Waals surface area contributed by atoms with E-state index in [1.807, 2.05) is 0 Å². The van der Waals surface area contributed by atoms with E-state index in [0.29, 0.717) is 0 Å². The fourth-order valence-electron chi connectivity index (χ4n) is 2.65. The van der Waals surface area contributed by atoms with Crippen LogP contribution >= 0.6 is 0 Å². The molecular formula is C17H31. The Morgan fingerprint density at radius 1 is 1.00 bits per heavy atom. The van der Waals surface area contributed by atoms with Crippen LogP contribution in [0.15, 0.2) is 12.2 Å². The van der Waals surface area contributed by atoms with Crippen molar-refractivity contribution in [2.24, 2.45) is 5.92 Å². The molecule has 0 saturated heterocycles. The summed E-state index contributed by atoms with van der Waals surface area (Å²) in [4.78, 5) is 0. The zero-order chi connectivity index (χ0) is 12.2. The third-order valence-corrected chi connectivity index (χ3v) is 3.82. The first-order chi connectivity index (χ1) is 8.43. The van der Waals surface area contributed by atoms with Crippen LogP contribution in [0, 0.1) is 12.3 Å².